The van der Waals surface area contributed by atoms with Crippen molar-refractivity contribution < 1.29 is 32.2 Å². The van der Waals surface area contributed by atoms with E-state index >= 15 is 0 Å². The normalized spacial score (nSPS) is 12.0. The summed E-state index contributed by atoms with van der Waals surface area (Å²) in [5.41, 5.74) is 0.645. The molecule has 0 aliphatic heterocycles. The second-order valence-electron chi connectivity index (χ2n) is 6.22. The van der Waals surface area contributed by atoms with Crippen LogP contribution >= 0.6 is 0 Å². The zero-order valence-electron chi connectivity index (χ0n) is 16.6. The Labute approximate surface area is 169 Å². The van der Waals surface area contributed by atoms with Crippen LogP contribution in [0.25, 0.3) is 0 Å². The average molecular weight is 421 g/mol. The van der Waals surface area contributed by atoms with Crippen LogP contribution in [0.1, 0.15) is 22.8 Å². The molecule has 156 valence electrons. The molecule has 8 nitrogen and oxygen atoms in total. The van der Waals surface area contributed by atoms with E-state index in [-0.39, 0.29) is 17.0 Å². The van der Waals surface area contributed by atoms with Crippen molar-refractivity contribution in [2.75, 3.05) is 20.5 Å². The van der Waals surface area contributed by atoms with Gasteiger partial charge < -0.3 is 19.5 Å². The number of hydrogen-bond acceptors (Lipinski definition) is 7. The number of methoxy groups -OCH3 is 2. The Balaban J connectivity index is 2.02. The van der Waals surface area contributed by atoms with Crippen molar-refractivity contribution in [3.63, 3.8) is 0 Å². The summed E-state index contributed by atoms with van der Waals surface area (Å²) in [6.07, 6.45) is -0.117. The fourth-order valence-electron chi connectivity index (χ4n) is 2.56. The third-order valence-corrected chi connectivity index (χ3v) is 5.23. The van der Waals surface area contributed by atoms with Crippen LogP contribution in [0.2, 0.25) is 0 Å². The molecule has 0 radical (unpaired) electrons. The number of ether oxygens (including phenoxy) is 3. The number of nitrogens with one attached hydrogen (secondary N) is 1. The van der Waals surface area contributed by atoms with Crippen molar-refractivity contribution in [3.05, 3.63) is 53.6 Å². The molecule has 0 aliphatic rings. The third kappa shape index (κ3) is 5.71. The largest absolute Gasteiger partial charge is 0.493 e. The van der Waals surface area contributed by atoms with Crippen molar-refractivity contribution >= 4 is 21.7 Å². The summed E-state index contributed by atoms with van der Waals surface area (Å²) in [7, 11) is -0.582. The van der Waals surface area contributed by atoms with Gasteiger partial charge in [0.25, 0.3) is 5.91 Å². The lowest BCUT2D eigenvalue weighted by Crippen LogP contribution is -2.35. The maximum absolute atomic E-state index is 12.4. The number of esters is 1. The van der Waals surface area contributed by atoms with E-state index in [1.807, 2.05) is 0 Å². The Morgan fingerprint density at radius 1 is 1.03 bits per heavy atom. The van der Waals surface area contributed by atoms with Crippen molar-refractivity contribution in [2.24, 2.45) is 0 Å². The molecule has 0 saturated heterocycles. The lowest BCUT2D eigenvalue weighted by atomic mass is 10.2. The molecule has 2 aromatic rings. The molecule has 0 aromatic heterocycles. The zero-order valence-corrected chi connectivity index (χ0v) is 17.4. The molecular formula is C20H23NO7S. The lowest BCUT2D eigenvalue weighted by molar-refractivity contribution is -0.129. The van der Waals surface area contributed by atoms with E-state index in [0.717, 1.165) is 11.8 Å². The van der Waals surface area contributed by atoms with Gasteiger partial charge in [0.05, 0.1) is 24.7 Å². The summed E-state index contributed by atoms with van der Waals surface area (Å²) in [4.78, 5) is 24.5. The first-order valence-electron chi connectivity index (χ1n) is 8.66. The molecule has 29 heavy (non-hydrogen) atoms. The van der Waals surface area contributed by atoms with Gasteiger partial charge >= 0.3 is 5.97 Å². The Hall–Kier alpha value is -3.07. The average Bonchev–Trinajstić information content (AvgIpc) is 2.70. The molecule has 0 aliphatic carbocycles. The number of rotatable bonds is 8. The molecule has 1 atom stereocenters. The van der Waals surface area contributed by atoms with E-state index < -0.39 is 27.8 Å². The van der Waals surface area contributed by atoms with E-state index in [2.05, 4.69) is 5.32 Å². The van der Waals surface area contributed by atoms with Crippen LogP contribution in [-0.2, 0) is 25.9 Å². The molecule has 0 unspecified atom stereocenters. The van der Waals surface area contributed by atoms with Gasteiger partial charge in [-0.3, -0.25) is 4.79 Å². The number of benzene rings is 2. The molecule has 0 bridgehead atoms. The second kappa shape index (κ2) is 9.42. The highest BCUT2D eigenvalue weighted by atomic mass is 32.2. The number of amides is 1. The first kappa shape index (κ1) is 22.2. The fourth-order valence-corrected chi connectivity index (χ4v) is 3.44. The molecule has 0 heterocycles. The lowest BCUT2D eigenvalue weighted by Gasteiger charge is -2.15. The summed E-state index contributed by atoms with van der Waals surface area (Å²) in [5, 5.41) is 2.66. The molecule has 2 rings (SSSR count). The SMILES string of the molecule is COc1ccc(CNC(=O)[C@@H](C)OC(=O)c2ccccc2S(C)(=O)=O)cc1OC. The van der Waals surface area contributed by atoms with Gasteiger partial charge in [0, 0.05) is 12.8 Å². The van der Waals surface area contributed by atoms with Crippen LogP contribution in [0.15, 0.2) is 47.4 Å². The summed E-state index contributed by atoms with van der Waals surface area (Å²) < 4.78 is 39.2. The quantitative estimate of drug-likeness (QED) is 0.649. The van der Waals surface area contributed by atoms with Gasteiger partial charge in [-0.1, -0.05) is 18.2 Å². The van der Waals surface area contributed by atoms with E-state index in [1.165, 1.54) is 45.4 Å². The van der Waals surface area contributed by atoms with Crippen LogP contribution < -0.4 is 14.8 Å². The fraction of sp³-hybridized carbons (Fsp3) is 0.300. The zero-order chi connectivity index (χ0) is 21.6. The standard InChI is InChI=1S/C20H23NO7S/c1-13(28-20(23)15-7-5-6-8-18(15)29(4,24)25)19(22)21-12-14-9-10-16(26-2)17(11-14)27-3/h5-11,13H,12H2,1-4H3,(H,21,22)/t13-/m1/s1. The monoisotopic (exact) mass is 421 g/mol. The summed E-state index contributed by atoms with van der Waals surface area (Å²) >= 11 is 0. The topological polar surface area (TPSA) is 108 Å². The van der Waals surface area contributed by atoms with E-state index in [9.17, 15) is 18.0 Å². The highest BCUT2D eigenvalue weighted by Crippen LogP contribution is 2.27. The van der Waals surface area contributed by atoms with Gasteiger partial charge in [-0.05, 0) is 36.8 Å². The van der Waals surface area contributed by atoms with Crippen LogP contribution in [0.4, 0.5) is 0 Å². The van der Waals surface area contributed by atoms with Gasteiger partial charge in [-0.15, -0.1) is 0 Å². The highest BCUT2D eigenvalue weighted by Gasteiger charge is 2.23. The van der Waals surface area contributed by atoms with Gasteiger partial charge in [0.15, 0.2) is 27.4 Å². The smallest absolute Gasteiger partial charge is 0.340 e. The molecular weight excluding hydrogens is 398 g/mol. The summed E-state index contributed by atoms with van der Waals surface area (Å²) in [6, 6.07) is 10.9. The van der Waals surface area contributed by atoms with Crippen LogP contribution in [0, 0.1) is 0 Å². The highest BCUT2D eigenvalue weighted by molar-refractivity contribution is 7.90. The second-order valence-corrected chi connectivity index (χ2v) is 8.21. The number of sulfone groups is 1. The number of hydrogen-bond donors (Lipinski definition) is 1. The molecule has 2 aromatic carbocycles. The first-order chi connectivity index (χ1) is 13.7. The third-order valence-electron chi connectivity index (χ3n) is 4.07. The summed E-state index contributed by atoms with van der Waals surface area (Å²) in [6.45, 7) is 1.59. The van der Waals surface area contributed by atoms with Crippen molar-refractivity contribution in [1.82, 2.24) is 5.32 Å². The minimum absolute atomic E-state index is 0.116. The van der Waals surface area contributed by atoms with Crippen LogP contribution in [0.5, 0.6) is 11.5 Å². The Morgan fingerprint density at radius 2 is 1.69 bits per heavy atom. The maximum atomic E-state index is 12.4. The minimum atomic E-state index is -3.62. The first-order valence-corrected chi connectivity index (χ1v) is 10.5. The Bertz CT molecular complexity index is 1000. The molecule has 1 N–H and O–H groups in total. The number of carbonyl (C=O) groups excluding carboxylic acids is 2. The Morgan fingerprint density at radius 3 is 2.31 bits per heavy atom. The van der Waals surface area contributed by atoms with E-state index in [0.29, 0.717) is 11.5 Å². The van der Waals surface area contributed by atoms with Crippen molar-refractivity contribution in [2.45, 2.75) is 24.5 Å². The van der Waals surface area contributed by atoms with E-state index in [4.69, 9.17) is 14.2 Å². The van der Waals surface area contributed by atoms with Crippen LogP contribution in [-0.4, -0.2) is 46.9 Å². The summed E-state index contributed by atoms with van der Waals surface area (Å²) in [5.74, 6) is -0.324. The van der Waals surface area contributed by atoms with Gasteiger partial charge in [0.2, 0.25) is 0 Å². The molecule has 1 amide bonds. The maximum Gasteiger partial charge on any atom is 0.340 e. The van der Waals surface area contributed by atoms with Crippen molar-refractivity contribution in [3.8, 4) is 11.5 Å². The predicted octanol–water partition coefficient (Wildman–Crippen LogP) is 1.97. The molecule has 0 fully saturated rings. The Kier molecular flexibility index (Phi) is 7.22. The number of carbonyl (C=O) groups is 2. The van der Waals surface area contributed by atoms with E-state index in [1.54, 1.807) is 18.2 Å². The minimum Gasteiger partial charge on any atom is -0.493 e. The van der Waals surface area contributed by atoms with Gasteiger partial charge in [-0.2, -0.15) is 0 Å². The van der Waals surface area contributed by atoms with Gasteiger partial charge in [-0.25, -0.2) is 13.2 Å². The predicted molar refractivity (Wildman–Crippen MR) is 106 cm³/mol. The van der Waals surface area contributed by atoms with Gasteiger partial charge in [0.1, 0.15) is 0 Å². The van der Waals surface area contributed by atoms with Crippen LogP contribution in [0.3, 0.4) is 0 Å². The molecule has 0 spiro atoms. The molecule has 0 saturated carbocycles. The molecule has 9 heteroatoms. The van der Waals surface area contributed by atoms with Crippen molar-refractivity contribution in [1.29, 1.82) is 0 Å².